The number of hydrogen-bond donors (Lipinski definition) is 0. The van der Waals surface area contributed by atoms with Crippen LogP contribution < -0.4 is 4.74 Å². The van der Waals surface area contributed by atoms with Crippen molar-refractivity contribution >= 4 is 29.3 Å². The second kappa shape index (κ2) is 8.67. The first kappa shape index (κ1) is 21.3. The molecule has 0 bridgehead atoms. The molecule has 0 N–H and O–H groups in total. The van der Waals surface area contributed by atoms with Crippen molar-refractivity contribution in [2.24, 2.45) is 4.99 Å². The Bertz CT molecular complexity index is 1370. The van der Waals surface area contributed by atoms with Gasteiger partial charge in [0.1, 0.15) is 11.6 Å². The van der Waals surface area contributed by atoms with Gasteiger partial charge in [0.25, 0.3) is 5.69 Å². The van der Waals surface area contributed by atoms with Gasteiger partial charge >= 0.3 is 11.7 Å². The summed E-state index contributed by atoms with van der Waals surface area (Å²) in [6, 6.07) is 14.9. The number of carbonyl (C=O) groups excluding carboxylic acids is 1. The molecule has 33 heavy (non-hydrogen) atoms. The van der Waals surface area contributed by atoms with E-state index in [1.807, 2.05) is 0 Å². The first-order chi connectivity index (χ1) is 15.8. The number of benzene rings is 3. The van der Waals surface area contributed by atoms with Gasteiger partial charge < -0.3 is 9.47 Å². The van der Waals surface area contributed by atoms with Crippen LogP contribution in [0.1, 0.15) is 11.1 Å². The lowest BCUT2D eigenvalue weighted by Crippen LogP contribution is -2.07. The molecule has 0 saturated heterocycles. The average molecular weight is 449 g/mol. The van der Waals surface area contributed by atoms with E-state index in [-0.39, 0.29) is 28.7 Å². The van der Waals surface area contributed by atoms with E-state index in [1.165, 1.54) is 36.4 Å². The smallest absolute Gasteiger partial charge is 0.363 e. The summed E-state index contributed by atoms with van der Waals surface area (Å²) in [5.74, 6) is -1.56. The second-order valence-corrected chi connectivity index (χ2v) is 6.66. The molecule has 3 aromatic carbocycles. The number of carbonyl (C=O) groups is 1. The number of aliphatic imine (C=N–C) groups is 1. The maximum Gasteiger partial charge on any atom is 0.363 e. The van der Waals surface area contributed by atoms with Gasteiger partial charge in [0.05, 0.1) is 21.5 Å². The predicted molar refractivity (Wildman–Crippen MR) is 113 cm³/mol. The van der Waals surface area contributed by atoms with Gasteiger partial charge in [-0.3, -0.25) is 20.2 Å². The molecule has 0 saturated carbocycles. The fourth-order valence-corrected chi connectivity index (χ4v) is 2.96. The summed E-state index contributed by atoms with van der Waals surface area (Å²) >= 11 is 0. The van der Waals surface area contributed by atoms with E-state index in [4.69, 9.17) is 9.47 Å². The summed E-state index contributed by atoms with van der Waals surface area (Å²) in [6.07, 6.45) is 1.38. The monoisotopic (exact) mass is 449 g/mol. The zero-order chi connectivity index (χ0) is 23.5. The summed E-state index contributed by atoms with van der Waals surface area (Å²) in [6.45, 7) is 0. The van der Waals surface area contributed by atoms with Crippen molar-refractivity contribution in [3.05, 3.63) is 110 Å². The number of esters is 1. The maximum atomic E-state index is 13.9. The molecule has 3 aromatic rings. The summed E-state index contributed by atoms with van der Waals surface area (Å²) in [5, 5.41) is 22.2. The van der Waals surface area contributed by atoms with E-state index >= 15 is 0 Å². The molecule has 10 nitrogen and oxygen atoms in total. The molecule has 11 heteroatoms. The van der Waals surface area contributed by atoms with Crippen LogP contribution in [0.4, 0.5) is 15.8 Å². The summed E-state index contributed by atoms with van der Waals surface area (Å²) in [4.78, 5) is 36.8. The van der Waals surface area contributed by atoms with Gasteiger partial charge in [-0.05, 0) is 42.0 Å². The Morgan fingerprint density at radius 2 is 1.76 bits per heavy atom. The van der Waals surface area contributed by atoms with E-state index in [1.54, 1.807) is 18.2 Å². The third kappa shape index (κ3) is 4.56. The number of cyclic esters (lactones) is 1. The Labute approximate surface area is 184 Å². The van der Waals surface area contributed by atoms with Crippen LogP contribution in [-0.2, 0) is 9.53 Å². The molecule has 0 radical (unpaired) electrons. The minimum absolute atomic E-state index is 0.0387. The molecule has 0 unspecified atom stereocenters. The van der Waals surface area contributed by atoms with Crippen LogP contribution in [0, 0.1) is 26.0 Å². The third-order valence-corrected chi connectivity index (χ3v) is 4.46. The van der Waals surface area contributed by atoms with Crippen molar-refractivity contribution < 1.29 is 28.5 Å². The Morgan fingerprint density at radius 1 is 0.970 bits per heavy atom. The van der Waals surface area contributed by atoms with Crippen molar-refractivity contribution in [1.82, 2.24) is 0 Å². The Morgan fingerprint density at radius 3 is 2.48 bits per heavy atom. The summed E-state index contributed by atoms with van der Waals surface area (Å²) in [7, 11) is 0. The third-order valence-electron chi connectivity index (χ3n) is 4.46. The predicted octanol–water partition coefficient (Wildman–Crippen LogP) is 4.78. The normalized spacial score (nSPS) is 14.0. The quantitative estimate of drug-likeness (QED) is 0.229. The van der Waals surface area contributed by atoms with E-state index in [2.05, 4.69) is 4.99 Å². The van der Waals surface area contributed by atoms with E-state index < -0.39 is 33.0 Å². The van der Waals surface area contributed by atoms with Gasteiger partial charge in [-0.25, -0.2) is 14.2 Å². The van der Waals surface area contributed by atoms with Gasteiger partial charge in [-0.15, -0.1) is 0 Å². The van der Waals surface area contributed by atoms with Gasteiger partial charge in [0.2, 0.25) is 11.6 Å². The number of halogens is 1. The lowest BCUT2D eigenvalue weighted by molar-refractivity contribution is -0.394. The number of nitro groups is 2. The number of ether oxygens (including phenoxy) is 2. The van der Waals surface area contributed by atoms with E-state index in [9.17, 15) is 29.4 Å². The van der Waals surface area contributed by atoms with Crippen LogP contribution in [0.2, 0.25) is 0 Å². The fourth-order valence-electron chi connectivity index (χ4n) is 2.96. The Balaban J connectivity index is 1.62. The van der Waals surface area contributed by atoms with Crippen molar-refractivity contribution in [2.75, 3.05) is 0 Å². The first-order valence-electron chi connectivity index (χ1n) is 9.30. The molecular formula is C22H12FN3O7. The minimum Gasteiger partial charge on any atom is -0.450 e. The summed E-state index contributed by atoms with van der Waals surface area (Å²) < 4.78 is 24.5. The maximum absolute atomic E-state index is 13.9. The van der Waals surface area contributed by atoms with Gasteiger partial charge in [-0.1, -0.05) is 24.3 Å². The van der Waals surface area contributed by atoms with Crippen LogP contribution in [0.3, 0.4) is 0 Å². The van der Waals surface area contributed by atoms with Crippen LogP contribution >= 0.6 is 0 Å². The lowest BCUT2D eigenvalue weighted by atomic mass is 10.2. The van der Waals surface area contributed by atoms with Gasteiger partial charge in [-0.2, -0.15) is 0 Å². The number of rotatable bonds is 6. The number of hydrogen-bond acceptors (Lipinski definition) is 8. The average Bonchev–Trinajstić information content (AvgIpc) is 3.14. The number of nitro benzene ring substituents is 2. The molecule has 1 aliphatic rings. The molecule has 0 amide bonds. The SMILES string of the molecule is O=C1OC(c2ccccc2F)=N/C1=C\c1cccc(Oc2ccc([N+](=O)[O-])cc2[N+](=O)[O-])c1. The zero-order valence-corrected chi connectivity index (χ0v) is 16.5. The molecule has 0 aliphatic carbocycles. The van der Waals surface area contributed by atoms with Crippen LogP contribution in [0.5, 0.6) is 11.5 Å². The topological polar surface area (TPSA) is 134 Å². The van der Waals surface area contributed by atoms with Crippen LogP contribution in [0.25, 0.3) is 6.08 Å². The molecule has 0 atom stereocenters. The van der Waals surface area contributed by atoms with Gasteiger partial charge in [0, 0.05) is 6.07 Å². The highest BCUT2D eigenvalue weighted by atomic mass is 19.1. The molecule has 0 fully saturated rings. The highest BCUT2D eigenvalue weighted by molar-refractivity contribution is 6.12. The van der Waals surface area contributed by atoms with Crippen molar-refractivity contribution in [3.63, 3.8) is 0 Å². The highest BCUT2D eigenvalue weighted by Gasteiger charge is 2.26. The number of nitrogens with zero attached hydrogens (tertiary/aromatic N) is 3. The van der Waals surface area contributed by atoms with Crippen molar-refractivity contribution in [1.29, 1.82) is 0 Å². The summed E-state index contributed by atoms with van der Waals surface area (Å²) in [5.41, 5.74) is -0.617. The molecular weight excluding hydrogens is 437 g/mol. The molecule has 164 valence electrons. The fraction of sp³-hybridized carbons (Fsp3) is 0. The van der Waals surface area contributed by atoms with Crippen LogP contribution in [-0.4, -0.2) is 21.7 Å². The standard InChI is InChI=1S/C22H12FN3O7/c23-17-7-2-1-6-16(17)21-24-18(22(27)33-21)11-13-4-3-5-15(10-13)32-20-9-8-14(25(28)29)12-19(20)26(30)31/h1-12H/b18-11-. The van der Waals surface area contributed by atoms with Crippen molar-refractivity contribution in [2.45, 2.75) is 0 Å². The zero-order valence-electron chi connectivity index (χ0n) is 16.5. The second-order valence-electron chi connectivity index (χ2n) is 6.66. The largest absolute Gasteiger partial charge is 0.450 e. The van der Waals surface area contributed by atoms with Gasteiger partial charge in [0.15, 0.2) is 5.70 Å². The lowest BCUT2D eigenvalue weighted by Gasteiger charge is -2.07. The van der Waals surface area contributed by atoms with E-state index in [0.717, 1.165) is 18.2 Å². The number of non-ortho nitro benzene ring substituents is 1. The molecule has 0 spiro atoms. The molecule has 1 heterocycles. The first-order valence-corrected chi connectivity index (χ1v) is 9.30. The molecule has 0 aromatic heterocycles. The van der Waals surface area contributed by atoms with Crippen molar-refractivity contribution in [3.8, 4) is 11.5 Å². The Kier molecular flexibility index (Phi) is 5.60. The van der Waals surface area contributed by atoms with Crippen LogP contribution in [0.15, 0.2) is 77.4 Å². The van der Waals surface area contributed by atoms with E-state index in [0.29, 0.717) is 5.56 Å². The Hall–Kier alpha value is -4.93. The minimum atomic E-state index is -0.790. The molecule has 1 aliphatic heterocycles. The highest BCUT2D eigenvalue weighted by Crippen LogP contribution is 2.34. The molecule has 4 rings (SSSR count).